The van der Waals surface area contributed by atoms with E-state index >= 15 is 0 Å². The van der Waals surface area contributed by atoms with Gasteiger partial charge in [0, 0.05) is 24.0 Å². The van der Waals surface area contributed by atoms with E-state index in [1.54, 1.807) is 27.7 Å². The van der Waals surface area contributed by atoms with Gasteiger partial charge < -0.3 is 24.1 Å². The molecule has 2 unspecified atom stereocenters. The van der Waals surface area contributed by atoms with Crippen molar-refractivity contribution in [1.82, 2.24) is 0 Å². The summed E-state index contributed by atoms with van der Waals surface area (Å²) in [6.45, 7) is 16.9. The second kappa shape index (κ2) is 8.83. The quantitative estimate of drug-likeness (QED) is 0.360. The molecule has 1 saturated heterocycles. The Morgan fingerprint density at radius 1 is 1.12 bits per heavy atom. The Bertz CT molecular complexity index is 933. The maximum absolute atomic E-state index is 12.9. The first-order chi connectivity index (χ1) is 15.6. The maximum atomic E-state index is 12.9. The number of ether oxygens (including phenoxy) is 4. The Morgan fingerprint density at radius 2 is 1.74 bits per heavy atom. The van der Waals surface area contributed by atoms with Crippen LogP contribution in [-0.2, 0) is 38.1 Å². The second-order valence-corrected chi connectivity index (χ2v) is 10.4. The molecule has 9 heteroatoms. The fourth-order valence-corrected chi connectivity index (χ4v) is 5.84. The Labute approximate surface area is 199 Å². The minimum Gasteiger partial charge on any atom is -0.462 e. The third kappa shape index (κ3) is 4.15. The lowest BCUT2D eigenvalue weighted by Crippen LogP contribution is -2.75. The van der Waals surface area contributed by atoms with Crippen molar-refractivity contribution in [2.24, 2.45) is 23.2 Å². The first-order valence-corrected chi connectivity index (χ1v) is 11.5. The average molecular weight is 479 g/mol. The molecular formula is C25H34O9. The Morgan fingerprint density at radius 3 is 2.26 bits per heavy atom. The molecule has 2 saturated carbocycles. The number of hydrogen-bond donors (Lipinski definition) is 1. The van der Waals surface area contributed by atoms with Crippen molar-refractivity contribution in [2.75, 3.05) is 0 Å². The fraction of sp³-hybridized carbons (Fsp3) is 0.680. The fourth-order valence-electron chi connectivity index (χ4n) is 5.84. The predicted molar refractivity (Wildman–Crippen MR) is 119 cm³/mol. The van der Waals surface area contributed by atoms with Crippen LogP contribution in [0.4, 0.5) is 0 Å². The molecule has 2 aliphatic carbocycles. The summed E-state index contributed by atoms with van der Waals surface area (Å²) in [4.78, 5) is 50.2. The van der Waals surface area contributed by atoms with Gasteiger partial charge in [-0.05, 0) is 26.7 Å². The van der Waals surface area contributed by atoms with E-state index < -0.39 is 77.1 Å². The zero-order valence-electron chi connectivity index (χ0n) is 20.6. The molecule has 8 atom stereocenters. The zero-order chi connectivity index (χ0) is 25.7. The van der Waals surface area contributed by atoms with E-state index in [-0.39, 0.29) is 24.0 Å². The topological polar surface area (TPSA) is 125 Å². The third-order valence-electron chi connectivity index (χ3n) is 7.42. The third-order valence-corrected chi connectivity index (χ3v) is 7.42. The van der Waals surface area contributed by atoms with Gasteiger partial charge in [-0.1, -0.05) is 33.9 Å². The Hall–Kier alpha value is -2.68. The maximum Gasteiger partial charge on any atom is 0.334 e. The molecule has 1 heterocycles. The summed E-state index contributed by atoms with van der Waals surface area (Å²) in [5.74, 6) is -4.82. The molecule has 3 rings (SSSR count). The normalized spacial score (nSPS) is 38.9. The molecule has 0 aromatic heterocycles. The van der Waals surface area contributed by atoms with Crippen LogP contribution in [0.2, 0.25) is 0 Å². The number of aliphatic hydroxyl groups is 1. The van der Waals surface area contributed by atoms with Crippen LogP contribution < -0.4 is 0 Å². The SMILES string of the molecule is C=C(C)C(=O)OC1[C@H]2C(=C)C(=O)O[C@@H]1[C@@]1(C)C([C@H]2OC(=O)C(C)C)[C@@](C)(O)CC[C@@H]1OC(C)=O. The predicted octanol–water partition coefficient (Wildman–Crippen LogP) is 2.25. The first kappa shape index (κ1) is 25.9. The van der Waals surface area contributed by atoms with E-state index in [0.29, 0.717) is 0 Å². The molecule has 2 bridgehead atoms. The van der Waals surface area contributed by atoms with Crippen LogP contribution in [0.25, 0.3) is 0 Å². The van der Waals surface area contributed by atoms with Gasteiger partial charge in [0.05, 0.1) is 22.9 Å². The van der Waals surface area contributed by atoms with Crippen LogP contribution in [0.1, 0.15) is 54.4 Å². The van der Waals surface area contributed by atoms with Crippen molar-refractivity contribution in [3.8, 4) is 0 Å². The highest BCUT2D eigenvalue weighted by Gasteiger charge is 2.72. The lowest BCUT2D eigenvalue weighted by molar-refractivity contribution is -0.294. The molecule has 34 heavy (non-hydrogen) atoms. The number of hydrogen-bond acceptors (Lipinski definition) is 9. The van der Waals surface area contributed by atoms with Gasteiger partial charge in [-0.3, -0.25) is 9.59 Å². The van der Waals surface area contributed by atoms with Crippen LogP contribution in [0.15, 0.2) is 24.3 Å². The van der Waals surface area contributed by atoms with E-state index in [9.17, 15) is 24.3 Å². The largest absolute Gasteiger partial charge is 0.462 e. The van der Waals surface area contributed by atoms with E-state index in [1.165, 1.54) is 13.8 Å². The summed E-state index contributed by atoms with van der Waals surface area (Å²) in [6, 6.07) is 0. The number of carbonyl (C=O) groups is 4. The summed E-state index contributed by atoms with van der Waals surface area (Å²) < 4.78 is 23.1. The van der Waals surface area contributed by atoms with E-state index in [1.807, 2.05) is 0 Å². The van der Waals surface area contributed by atoms with Gasteiger partial charge in [-0.2, -0.15) is 0 Å². The molecule has 0 amide bonds. The van der Waals surface area contributed by atoms with Crippen LogP contribution in [-0.4, -0.2) is 59.0 Å². The number of esters is 4. The molecule has 0 aromatic rings. The summed E-state index contributed by atoms with van der Waals surface area (Å²) in [5, 5.41) is 11.5. The van der Waals surface area contributed by atoms with Crippen molar-refractivity contribution in [3.63, 3.8) is 0 Å². The van der Waals surface area contributed by atoms with Gasteiger partial charge in [-0.25, -0.2) is 9.59 Å². The first-order valence-electron chi connectivity index (χ1n) is 11.5. The van der Waals surface area contributed by atoms with Crippen LogP contribution in [0.3, 0.4) is 0 Å². The molecular weight excluding hydrogens is 444 g/mol. The van der Waals surface area contributed by atoms with Crippen molar-refractivity contribution < 1.29 is 43.2 Å². The van der Waals surface area contributed by atoms with E-state index in [0.717, 1.165) is 0 Å². The van der Waals surface area contributed by atoms with Gasteiger partial charge in [0.2, 0.25) is 0 Å². The lowest BCUT2D eigenvalue weighted by atomic mass is 9.48. The standard InChI is InChI=1S/C25H34O9/c1-11(2)21(27)32-17-16-13(5)23(29)34-20(18(16)33-22(28)12(3)4)25(8)15(31-14(6)26)9-10-24(7,30)19(17)25/h11,15-20,30H,3,5,9-10H2,1-2,4,6-8H3/t15-,16-,17-,18?,19?,20-,24-,25+/m0/s1. The molecule has 0 aromatic carbocycles. The zero-order valence-corrected chi connectivity index (χ0v) is 20.6. The highest BCUT2D eigenvalue weighted by Crippen LogP contribution is 2.61. The van der Waals surface area contributed by atoms with Crippen LogP contribution >= 0.6 is 0 Å². The number of rotatable bonds is 5. The number of carbonyl (C=O) groups excluding carboxylic acids is 4. The summed E-state index contributed by atoms with van der Waals surface area (Å²) in [7, 11) is 0. The highest BCUT2D eigenvalue weighted by molar-refractivity contribution is 5.91. The van der Waals surface area contributed by atoms with Crippen molar-refractivity contribution in [3.05, 3.63) is 24.3 Å². The molecule has 0 spiro atoms. The van der Waals surface area contributed by atoms with Crippen molar-refractivity contribution >= 4 is 23.9 Å². The van der Waals surface area contributed by atoms with E-state index in [4.69, 9.17) is 18.9 Å². The van der Waals surface area contributed by atoms with Gasteiger partial charge in [0.1, 0.15) is 18.3 Å². The highest BCUT2D eigenvalue weighted by atomic mass is 16.6. The monoisotopic (exact) mass is 478 g/mol. The van der Waals surface area contributed by atoms with E-state index in [2.05, 4.69) is 13.2 Å². The smallest absolute Gasteiger partial charge is 0.334 e. The molecule has 1 aliphatic heterocycles. The average Bonchev–Trinajstić information content (AvgIpc) is 2.70. The second-order valence-electron chi connectivity index (χ2n) is 10.4. The summed E-state index contributed by atoms with van der Waals surface area (Å²) in [6.07, 6.45) is -3.55. The van der Waals surface area contributed by atoms with Crippen LogP contribution in [0.5, 0.6) is 0 Å². The van der Waals surface area contributed by atoms with Crippen molar-refractivity contribution in [2.45, 2.75) is 84.4 Å². The minimum atomic E-state index is -1.38. The molecule has 188 valence electrons. The molecule has 9 nitrogen and oxygen atoms in total. The Kier molecular flexibility index (Phi) is 6.74. The molecule has 1 N–H and O–H groups in total. The van der Waals surface area contributed by atoms with Crippen molar-refractivity contribution in [1.29, 1.82) is 0 Å². The van der Waals surface area contributed by atoms with Gasteiger partial charge in [0.25, 0.3) is 0 Å². The van der Waals surface area contributed by atoms with Crippen LogP contribution in [0, 0.1) is 23.2 Å². The summed E-state index contributed by atoms with van der Waals surface area (Å²) >= 11 is 0. The van der Waals surface area contributed by atoms with Gasteiger partial charge >= 0.3 is 23.9 Å². The molecule has 3 aliphatic rings. The molecule has 0 radical (unpaired) electrons. The lowest BCUT2D eigenvalue weighted by Gasteiger charge is -2.64. The number of fused-ring (bicyclic) bond motifs is 4. The van der Waals surface area contributed by atoms with Gasteiger partial charge in [0.15, 0.2) is 6.10 Å². The molecule has 3 fully saturated rings. The van der Waals surface area contributed by atoms with Gasteiger partial charge in [-0.15, -0.1) is 0 Å². The summed E-state index contributed by atoms with van der Waals surface area (Å²) in [5.41, 5.74) is -2.52. The Balaban J connectivity index is 2.25. The minimum absolute atomic E-state index is 0.0234.